The summed E-state index contributed by atoms with van der Waals surface area (Å²) in [6, 6.07) is 1.71. The van der Waals surface area contributed by atoms with Crippen LogP contribution in [0.3, 0.4) is 0 Å². The Balaban J connectivity index is 0.00000112. The standard InChI is InChI=1S/C9H4Cl2N2O.ClH/c10-8-5-3-12-2-1-7(5)13-4-6(8)9(11)14;/h1-4H;1H. The summed E-state index contributed by atoms with van der Waals surface area (Å²) in [5, 5.41) is 0.303. The summed E-state index contributed by atoms with van der Waals surface area (Å²) in [5.74, 6) is 0. The van der Waals surface area contributed by atoms with Crippen LogP contribution in [-0.4, -0.2) is 15.2 Å². The zero-order chi connectivity index (χ0) is 10.1. The van der Waals surface area contributed by atoms with Gasteiger partial charge in [-0.15, -0.1) is 12.4 Å². The summed E-state index contributed by atoms with van der Waals surface area (Å²) in [4.78, 5) is 18.9. The highest BCUT2D eigenvalue weighted by molar-refractivity contribution is 6.69. The Kier molecular flexibility index (Phi) is 3.85. The lowest BCUT2D eigenvalue weighted by Gasteiger charge is -2.01. The third kappa shape index (κ3) is 2.20. The van der Waals surface area contributed by atoms with Gasteiger partial charge in [-0.1, -0.05) is 11.6 Å². The minimum atomic E-state index is -0.617. The largest absolute Gasteiger partial charge is 0.275 e. The third-order valence-electron chi connectivity index (χ3n) is 1.82. The molecule has 0 unspecified atom stereocenters. The summed E-state index contributed by atoms with van der Waals surface area (Å²) >= 11 is 11.3. The van der Waals surface area contributed by atoms with Gasteiger partial charge in [0.05, 0.1) is 16.1 Å². The summed E-state index contributed by atoms with van der Waals surface area (Å²) in [7, 11) is 0. The van der Waals surface area contributed by atoms with E-state index in [1.165, 1.54) is 6.20 Å². The molecule has 0 N–H and O–H groups in total. The molecule has 0 aromatic carbocycles. The van der Waals surface area contributed by atoms with E-state index in [0.717, 1.165) is 0 Å². The highest BCUT2D eigenvalue weighted by Crippen LogP contribution is 2.25. The highest BCUT2D eigenvalue weighted by Gasteiger charge is 2.11. The number of halogens is 3. The van der Waals surface area contributed by atoms with E-state index in [-0.39, 0.29) is 18.0 Å². The predicted octanol–water partition coefficient (Wildman–Crippen LogP) is 3.08. The number of fused-ring (bicyclic) bond motifs is 1. The lowest BCUT2D eigenvalue weighted by molar-refractivity contribution is 0.108. The predicted molar refractivity (Wildman–Crippen MR) is 62.0 cm³/mol. The Hall–Kier alpha value is -0.900. The molecule has 0 radical (unpaired) electrons. The molecule has 0 saturated carbocycles. The number of carbonyl (C=O) groups excluding carboxylic acids is 1. The van der Waals surface area contributed by atoms with Gasteiger partial charge in [0.1, 0.15) is 0 Å². The van der Waals surface area contributed by atoms with Crippen LogP contribution in [0.4, 0.5) is 0 Å². The zero-order valence-electron chi connectivity index (χ0n) is 7.28. The lowest BCUT2D eigenvalue weighted by Crippen LogP contribution is -1.93. The molecule has 0 aliphatic heterocycles. The van der Waals surface area contributed by atoms with Crippen molar-refractivity contribution >= 4 is 51.8 Å². The number of hydrogen-bond acceptors (Lipinski definition) is 3. The van der Waals surface area contributed by atoms with Crippen LogP contribution >= 0.6 is 35.6 Å². The van der Waals surface area contributed by atoms with Gasteiger partial charge in [-0.3, -0.25) is 14.8 Å². The van der Waals surface area contributed by atoms with Crippen LogP contribution in [0.5, 0.6) is 0 Å². The molecule has 0 amide bonds. The molecular formula is C9H5Cl3N2O. The fraction of sp³-hybridized carbons (Fsp3) is 0. The SMILES string of the molecule is Cl.O=C(Cl)c1cnc2ccncc2c1Cl. The number of aromatic nitrogens is 2. The average Bonchev–Trinajstić information content (AvgIpc) is 2.18. The zero-order valence-corrected chi connectivity index (χ0v) is 9.60. The van der Waals surface area contributed by atoms with Crippen LogP contribution in [0.2, 0.25) is 5.02 Å². The molecule has 0 aliphatic carbocycles. The molecule has 0 atom stereocenters. The van der Waals surface area contributed by atoms with Crippen LogP contribution in [0, 0.1) is 0 Å². The first kappa shape index (κ1) is 12.2. The minimum absolute atomic E-state index is 0. The second kappa shape index (κ2) is 4.75. The summed E-state index contributed by atoms with van der Waals surface area (Å²) in [5.41, 5.74) is 0.889. The van der Waals surface area contributed by atoms with Crippen molar-refractivity contribution in [1.82, 2.24) is 9.97 Å². The molecular weight excluding hydrogens is 258 g/mol. The molecule has 78 valence electrons. The third-order valence-corrected chi connectivity index (χ3v) is 2.43. The van der Waals surface area contributed by atoms with Crippen LogP contribution in [-0.2, 0) is 0 Å². The summed E-state index contributed by atoms with van der Waals surface area (Å²) in [6.45, 7) is 0. The van der Waals surface area contributed by atoms with Gasteiger partial charge in [-0.2, -0.15) is 0 Å². The number of pyridine rings is 2. The Morgan fingerprint density at radius 2 is 2.07 bits per heavy atom. The minimum Gasteiger partial charge on any atom is -0.275 e. The van der Waals surface area contributed by atoms with Gasteiger partial charge in [-0.25, -0.2) is 0 Å². The Morgan fingerprint density at radius 1 is 1.33 bits per heavy atom. The second-order valence-corrected chi connectivity index (χ2v) is 3.37. The molecule has 2 aromatic rings. The van der Waals surface area contributed by atoms with E-state index >= 15 is 0 Å². The lowest BCUT2D eigenvalue weighted by atomic mass is 10.2. The second-order valence-electron chi connectivity index (χ2n) is 2.65. The van der Waals surface area contributed by atoms with Crippen molar-refractivity contribution in [2.24, 2.45) is 0 Å². The van der Waals surface area contributed by atoms with Gasteiger partial charge in [-0.05, 0) is 17.7 Å². The number of carbonyl (C=O) groups is 1. The quantitative estimate of drug-likeness (QED) is 0.743. The maximum Gasteiger partial charge on any atom is 0.255 e. The van der Waals surface area contributed by atoms with Crippen LogP contribution in [0.1, 0.15) is 10.4 Å². The normalized spacial score (nSPS) is 9.73. The van der Waals surface area contributed by atoms with E-state index in [4.69, 9.17) is 23.2 Å². The number of rotatable bonds is 1. The average molecular weight is 264 g/mol. The molecule has 2 heterocycles. The monoisotopic (exact) mass is 262 g/mol. The fourth-order valence-corrected chi connectivity index (χ4v) is 1.61. The van der Waals surface area contributed by atoms with Crippen LogP contribution in [0.25, 0.3) is 10.9 Å². The molecule has 2 rings (SSSR count). The van der Waals surface area contributed by atoms with E-state index in [0.29, 0.717) is 15.9 Å². The molecule has 0 aliphatic rings. The Morgan fingerprint density at radius 3 is 2.73 bits per heavy atom. The van der Waals surface area contributed by atoms with Gasteiger partial charge in [0.25, 0.3) is 5.24 Å². The van der Waals surface area contributed by atoms with Crippen molar-refractivity contribution in [2.75, 3.05) is 0 Å². The van der Waals surface area contributed by atoms with Gasteiger partial charge < -0.3 is 0 Å². The maximum absolute atomic E-state index is 10.9. The van der Waals surface area contributed by atoms with Crippen molar-refractivity contribution in [3.63, 3.8) is 0 Å². The van der Waals surface area contributed by atoms with E-state index in [1.807, 2.05) is 0 Å². The molecule has 0 saturated heterocycles. The maximum atomic E-state index is 10.9. The topological polar surface area (TPSA) is 42.9 Å². The first-order valence-electron chi connectivity index (χ1n) is 3.78. The van der Waals surface area contributed by atoms with E-state index in [2.05, 4.69) is 9.97 Å². The molecule has 15 heavy (non-hydrogen) atoms. The first-order valence-corrected chi connectivity index (χ1v) is 4.54. The van der Waals surface area contributed by atoms with E-state index in [9.17, 15) is 4.79 Å². The van der Waals surface area contributed by atoms with Crippen molar-refractivity contribution in [3.8, 4) is 0 Å². The summed E-state index contributed by atoms with van der Waals surface area (Å²) < 4.78 is 0. The fourth-order valence-electron chi connectivity index (χ4n) is 1.14. The molecule has 3 nitrogen and oxygen atoms in total. The smallest absolute Gasteiger partial charge is 0.255 e. The highest BCUT2D eigenvalue weighted by atomic mass is 35.5. The Labute approximate surface area is 102 Å². The molecule has 0 spiro atoms. The molecule has 0 fully saturated rings. The Bertz CT molecular complexity index is 516. The van der Waals surface area contributed by atoms with Gasteiger partial charge in [0.2, 0.25) is 0 Å². The van der Waals surface area contributed by atoms with E-state index < -0.39 is 5.24 Å². The molecule has 6 heteroatoms. The van der Waals surface area contributed by atoms with Crippen molar-refractivity contribution in [3.05, 3.63) is 35.2 Å². The van der Waals surface area contributed by atoms with Crippen LogP contribution < -0.4 is 0 Å². The van der Waals surface area contributed by atoms with Crippen LogP contribution in [0.15, 0.2) is 24.7 Å². The van der Waals surface area contributed by atoms with Gasteiger partial charge in [0.15, 0.2) is 0 Å². The van der Waals surface area contributed by atoms with Gasteiger partial charge >= 0.3 is 0 Å². The van der Waals surface area contributed by atoms with Crippen molar-refractivity contribution in [1.29, 1.82) is 0 Å². The molecule has 0 bridgehead atoms. The van der Waals surface area contributed by atoms with Crippen molar-refractivity contribution in [2.45, 2.75) is 0 Å². The first-order chi connectivity index (χ1) is 6.70. The van der Waals surface area contributed by atoms with Crippen molar-refractivity contribution < 1.29 is 4.79 Å². The van der Waals surface area contributed by atoms with Gasteiger partial charge in [0, 0.05) is 24.0 Å². The summed E-state index contributed by atoms with van der Waals surface area (Å²) in [6.07, 6.45) is 4.52. The number of hydrogen-bond donors (Lipinski definition) is 0. The molecule has 2 aromatic heterocycles. The van der Waals surface area contributed by atoms with E-state index in [1.54, 1.807) is 18.5 Å². The number of nitrogens with zero attached hydrogens (tertiary/aromatic N) is 2.